The molecular formula is C7H13NO2S. The minimum Gasteiger partial charge on any atom is -0.465 e. The lowest BCUT2D eigenvalue weighted by molar-refractivity contribution is 0.186. The van der Waals surface area contributed by atoms with Crippen molar-refractivity contribution in [3.8, 4) is 0 Å². The predicted octanol–water partition coefficient (Wildman–Crippen LogP) is 1.49. The molecule has 0 aromatic heterocycles. The molecule has 0 saturated heterocycles. The summed E-state index contributed by atoms with van der Waals surface area (Å²) in [6.07, 6.45) is 3.00. The van der Waals surface area contributed by atoms with Gasteiger partial charge in [-0.2, -0.15) is 12.6 Å². The van der Waals surface area contributed by atoms with E-state index in [1.807, 2.05) is 0 Å². The number of amides is 1. The average molecular weight is 175 g/mol. The second-order valence-corrected chi connectivity index (χ2v) is 3.69. The van der Waals surface area contributed by atoms with Gasteiger partial charge >= 0.3 is 6.09 Å². The molecule has 1 saturated carbocycles. The highest BCUT2D eigenvalue weighted by molar-refractivity contribution is 7.80. The molecule has 1 aliphatic rings. The van der Waals surface area contributed by atoms with Gasteiger partial charge in [0.1, 0.15) is 0 Å². The van der Waals surface area contributed by atoms with Crippen LogP contribution in [0.15, 0.2) is 0 Å². The quantitative estimate of drug-likeness (QED) is 0.529. The minimum atomic E-state index is -0.910. The Kier molecular flexibility index (Phi) is 3.05. The number of hydrogen-bond donors (Lipinski definition) is 3. The molecule has 1 rings (SSSR count). The Labute approximate surface area is 71.6 Å². The van der Waals surface area contributed by atoms with Crippen LogP contribution in [0.25, 0.3) is 0 Å². The molecule has 1 amide bonds. The Bertz CT molecular complexity index is 143. The number of hydrogen-bond acceptors (Lipinski definition) is 2. The lowest BCUT2D eigenvalue weighted by Gasteiger charge is -2.25. The zero-order valence-electron chi connectivity index (χ0n) is 6.29. The zero-order valence-corrected chi connectivity index (χ0v) is 7.18. The highest BCUT2D eigenvalue weighted by Crippen LogP contribution is 2.22. The van der Waals surface area contributed by atoms with Gasteiger partial charge in [0.25, 0.3) is 0 Å². The van der Waals surface area contributed by atoms with E-state index in [9.17, 15) is 4.79 Å². The van der Waals surface area contributed by atoms with Crippen molar-refractivity contribution in [3.63, 3.8) is 0 Å². The van der Waals surface area contributed by atoms with Gasteiger partial charge in [0.15, 0.2) is 0 Å². The van der Waals surface area contributed by atoms with Crippen molar-refractivity contribution in [1.29, 1.82) is 0 Å². The van der Waals surface area contributed by atoms with E-state index in [-0.39, 0.29) is 6.04 Å². The molecule has 0 atom stereocenters. The van der Waals surface area contributed by atoms with Gasteiger partial charge in [0.05, 0.1) is 0 Å². The second kappa shape index (κ2) is 3.85. The minimum absolute atomic E-state index is 0.163. The van der Waals surface area contributed by atoms with Gasteiger partial charge in [0.2, 0.25) is 0 Å². The first-order valence-electron chi connectivity index (χ1n) is 3.86. The van der Waals surface area contributed by atoms with Crippen LogP contribution in [-0.2, 0) is 0 Å². The number of thiol groups is 1. The van der Waals surface area contributed by atoms with Crippen molar-refractivity contribution in [2.24, 2.45) is 0 Å². The molecule has 0 aromatic carbocycles. The fourth-order valence-corrected chi connectivity index (χ4v) is 1.69. The Morgan fingerprint density at radius 3 is 2.36 bits per heavy atom. The van der Waals surface area contributed by atoms with Crippen LogP contribution < -0.4 is 5.32 Å². The third-order valence-corrected chi connectivity index (χ3v) is 2.54. The summed E-state index contributed by atoms with van der Waals surface area (Å²) in [5, 5.41) is 11.4. The van der Waals surface area contributed by atoms with Crippen molar-refractivity contribution in [2.75, 3.05) is 0 Å². The molecule has 0 heterocycles. The fourth-order valence-electron chi connectivity index (χ4n) is 1.39. The second-order valence-electron chi connectivity index (χ2n) is 2.95. The molecule has 2 N–H and O–H groups in total. The molecule has 4 heteroatoms. The molecule has 0 unspecified atom stereocenters. The van der Waals surface area contributed by atoms with Crippen molar-refractivity contribution in [1.82, 2.24) is 5.32 Å². The largest absolute Gasteiger partial charge is 0.465 e. The van der Waals surface area contributed by atoms with E-state index in [0.29, 0.717) is 5.25 Å². The van der Waals surface area contributed by atoms with Crippen molar-refractivity contribution >= 4 is 18.7 Å². The molecule has 3 nitrogen and oxygen atoms in total. The summed E-state index contributed by atoms with van der Waals surface area (Å²) in [7, 11) is 0. The van der Waals surface area contributed by atoms with Gasteiger partial charge in [0, 0.05) is 11.3 Å². The van der Waals surface area contributed by atoms with E-state index >= 15 is 0 Å². The summed E-state index contributed by atoms with van der Waals surface area (Å²) in [5.74, 6) is 0. The Balaban J connectivity index is 2.22. The summed E-state index contributed by atoms with van der Waals surface area (Å²) in [6, 6.07) is 0.163. The van der Waals surface area contributed by atoms with Crippen LogP contribution in [0.4, 0.5) is 4.79 Å². The molecule has 1 fully saturated rings. The van der Waals surface area contributed by atoms with Crippen LogP contribution in [0.1, 0.15) is 25.7 Å². The van der Waals surface area contributed by atoms with Gasteiger partial charge in [-0.25, -0.2) is 4.79 Å². The van der Waals surface area contributed by atoms with E-state index in [1.54, 1.807) is 0 Å². The smallest absolute Gasteiger partial charge is 0.404 e. The standard InChI is InChI=1S/C7H13NO2S/c9-7(10)8-5-1-3-6(11)4-2-5/h5-6,8,11H,1-4H2,(H,9,10). The first-order valence-corrected chi connectivity index (χ1v) is 4.37. The van der Waals surface area contributed by atoms with Crippen LogP contribution in [0.2, 0.25) is 0 Å². The van der Waals surface area contributed by atoms with Gasteiger partial charge in [-0.05, 0) is 25.7 Å². The van der Waals surface area contributed by atoms with E-state index in [2.05, 4.69) is 17.9 Å². The number of nitrogens with one attached hydrogen (secondary N) is 1. The van der Waals surface area contributed by atoms with Crippen molar-refractivity contribution in [3.05, 3.63) is 0 Å². The SMILES string of the molecule is O=C(O)NC1CCC(S)CC1. The molecule has 64 valence electrons. The lowest BCUT2D eigenvalue weighted by atomic mass is 9.95. The number of rotatable bonds is 1. The molecule has 0 radical (unpaired) electrons. The molecule has 0 aliphatic heterocycles. The van der Waals surface area contributed by atoms with Crippen LogP contribution in [0.5, 0.6) is 0 Å². The first kappa shape index (κ1) is 8.71. The number of carbonyl (C=O) groups is 1. The normalized spacial score (nSPS) is 31.4. The van der Waals surface area contributed by atoms with Crippen molar-refractivity contribution < 1.29 is 9.90 Å². The summed E-state index contributed by atoms with van der Waals surface area (Å²) in [4.78, 5) is 10.2. The average Bonchev–Trinajstić information content (AvgIpc) is 1.93. The van der Waals surface area contributed by atoms with E-state index in [0.717, 1.165) is 25.7 Å². The van der Waals surface area contributed by atoms with Crippen LogP contribution in [0, 0.1) is 0 Å². The predicted molar refractivity (Wildman–Crippen MR) is 46.2 cm³/mol. The topological polar surface area (TPSA) is 49.3 Å². The molecule has 0 aromatic rings. The molecule has 1 aliphatic carbocycles. The fraction of sp³-hybridized carbons (Fsp3) is 0.857. The lowest BCUT2D eigenvalue weighted by Crippen LogP contribution is -2.36. The summed E-state index contributed by atoms with van der Waals surface area (Å²) in [6.45, 7) is 0. The summed E-state index contributed by atoms with van der Waals surface area (Å²) in [5.41, 5.74) is 0. The maximum absolute atomic E-state index is 10.2. The molecular weight excluding hydrogens is 162 g/mol. The summed E-state index contributed by atoms with van der Waals surface area (Å²) >= 11 is 4.32. The third kappa shape index (κ3) is 3.01. The summed E-state index contributed by atoms with van der Waals surface area (Å²) < 4.78 is 0. The number of carboxylic acid groups (broad SMARTS) is 1. The first-order chi connectivity index (χ1) is 5.18. The Hall–Kier alpha value is -0.380. The highest BCUT2D eigenvalue weighted by atomic mass is 32.1. The molecule has 0 bridgehead atoms. The van der Waals surface area contributed by atoms with Crippen LogP contribution in [-0.4, -0.2) is 22.5 Å². The highest BCUT2D eigenvalue weighted by Gasteiger charge is 2.19. The third-order valence-electron chi connectivity index (χ3n) is 2.02. The maximum Gasteiger partial charge on any atom is 0.404 e. The van der Waals surface area contributed by atoms with Crippen LogP contribution in [0.3, 0.4) is 0 Å². The Morgan fingerprint density at radius 1 is 1.36 bits per heavy atom. The monoisotopic (exact) mass is 175 g/mol. The van der Waals surface area contributed by atoms with E-state index in [4.69, 9.17) is 5.11 Å². The van der Waals surface area contributed by atoms with E-state index < -0.39 is 6.09 Å². The molecule has 11 heavy (non-hydrogen) atoms. The zero-order chi connectivity index (χ0) is 8.27. The van der Waals surface area contributed by atoms with Gasteiger partial charge in [-0.3, -0.25) is 0 Å². The Morgan fingerprint density at radius 2 is 1.91 bits per heavy atom. The maximum atomic E-state index is 10.2. The molecule has 0 spiro atoms. The van der Waals surface area contributed by atoms with Gasteiger partial charge in [-0.1, -0.05) is 0 Å². The van der Waals surface area contributed by atoms with E-state index in [1.165, 1.54) is 0 Å². The van der Waals surface area contributed by atoms with Crippen LogP contribution >= 0.6 is 12.6 Å². The van der Waals surface area contributed by atoms with Crippen molar-refractivity contribution in [2.45, 2.75) is 37.0 Å². The van der Waals surface area contributed by atoms with Gasteiger partial charge < -0.3 is 10.4 Å². The van der Waals surface area contributed by atoms with Gasteiger partial charge in [-0.15, -0.1) is 0 Å².